The minimum Gasteiger partial charge on any atom is -0.394 e. The second-order valence-electron chi connectivity index (χ2n) is 8.01. The van der Waals surface area contributed by atoms with Crippen LogP contribution < -0.4 is 5.32 Å². The van der Waals surface area contributed by atoms with E-state index in [1.807, 2.05) is 26.0 Å². The quantitative estimate of drug-likeness (QED) is 0.771. The molecule has 0 saturated carbocycles. The molecule has 1 amide bonds. The van der Waals surface area contributed by atoms with Crippen molar-refractivity contribution in [3.05, 3.63) is 54.4 Å². The maximum Gasteiger partial charge on any atom is 0.227 e. The maximum absolute atomic E-state index is 13.2. The van der Waals surface area contributed by atoms with Gasteiger partial charge in [-0.15, -0.1) is 0 Å². The van der Waals surface area contributed by atoms with Gasteiger partial charge in [0.05, 0.1) is 18.1 Å². The molecule has 1 aromatic carbocycles. The zero-order valence-electron chi connectivity index (χ0n) is 16.7. The molecule has 1 saturated heterocycles. The molecule has 1 aliphatic rings. The Hall–Kier alpha value is -2.24. The molecule has 0 unspecified atom stereocenters. The van der Waals surface area contributed by atoms with E-state index >= 15 is 0 Å². The third-order valence-corrected chi connectivity index (χ3v) is 5.76. The monoisotopic (exact) mass is 382 g/mol. The summed E-state index contributed by atoms with van der Waals surface area (Å²) >= 11 is 0. The van der Waals surface area contributed by atoms with E-state index in [2.05, 4.69) is 34.6 Å². The zero-order chi connectivity index (χ0) is 20.0. The van der Waals surface area contributed by atoms with Gasteiger partial charge in [0.1, 0.15) is 0 Å². The second kappa shape index (κ2) is 9.30. The number of amides is 1. The number of aliphatic hydroxyl groups excluding tert-OH is 1. The van der Waals surface area contributed by atoms with Crippen LogP contribution in [0.2, 0.25) is 0 Å². The van der Waals surface area contributed by atoms with Crippen molar-refractivity contribution in [2.45, 2.75) is 39.2 Å². The summed E-state index contributed by atoms with van der Waals surface area (Å²) in [5.41, 5.74) is 2.91. The summed E-state index contributed by atoms with van der Waals surface area (Å²) in [5, 5.41) is 12.7. The lowest BCUT2D eigenvalue weighted by molar-refractivity contribution is -0.138. The summed E-state index contributed by atoms with van der Waals surface area (Å²) in [4.78, 5) is 17.3. The highest BCUT2D eigenvalue weighted by atomic mass is 16.5. The number of nitrogens with zero attached hydrogens (tertiary/aromatic N) is 1. The molecule has 1 fully saturated rings. The van der Waals surface area contributed by atoms with Crippen LogP contribution >= 0.6 is 0 Å². The number of hydrogen-bond acceptors (Lipinski definition) is 4. The third kappa shape index (κ3) is 4.78. The first-order valence-electron chi connectivity index (χ1n) is 10.0. The number of carbonyl (C=O) groups excluding carboxylic acids is 1. The van der Waals surface area contributed by atoms with Crippen molar-refractivity contribution >= 4 is 5.91 Å². The Labute approximate surface area is 167 Å². The van der Waals surface area contributed by atoms with E-state index in [0.29, 0.717) is 32.5 Å². The molecule has 2 aromatic rings. The molecule has 0 bridgehead atoms. The summed E-state index contributed by atoms with van der Waals surface area (Å²) in [5.74, 6) is 0.215. The van der Waals surface area contributed by atoms with Crippen LogP contribution in [0.3, 0.4) is 0 Å². The Morgan fingerprint density at radius 2 is 1.71 bits per heavy atom. The average molecular weight is 383 g/mol. The minimum absolute atomic E-state index is 0.0294. The SMILES string of the molecule is CC(C)[C@@H](CO)NC(=O)C1(Cc2ccc(-c3ccncc3)cc2)CCOCC1. The van der Waals surface area contributed by atoms with E-state index in [-0.39, 0.29) is 24.5 Å². The number of rotatable bonds is 7. The first kappa shape index (κ1) is 20.5. The van der Waals surface area contributed by atoms with Gasteiger partial charge in [0, 0.05) is 25.6 Å². The van der Waals surface area contributed by atoms with Gasteiger partial charge in [-0.05, 0) is 54.0 Å². The molecule has 1 aliphatic heterocycles. The van der Waals surface area contributed by atoms with E-state index in [1.54, 1.807) is 12.4 Å². The topological polar surface area (TPSA) is 71.5 Å². The lowest BCUT2D eigenvalue weighted by Gasteiger charge is -2.37. The highest BCUT2D eigenvalue weighted by molar-refractivity contribution is 5.83. The molecule has 150 valence electrons. The minimum atomic E-state index is -0.487. The van der Waals surface area contributed by atoms with Crippen LogP contribution in [-0.4, -0.2) is 41.9 Å². The normalized spacial score (nSPS) is 17.3. The standard InChI is InChI=1S/C23H30N2O3/c1-17(2)21(16-26)25-22(27)23(9-13-28-14-10-23)15-18-3-5-19(6-4-18)20-7-11-24-12-8-20/h3-8,11-12,17,21,26H,9-10,13-16H2,1-2H3,(H,25,27)/t21-/m1/s1. The van der Waals surface area contributed by atoms with Crippen molar-refractivity contribution < 1.29 is 14.6 Å². The molecule has 0 aliphatic carbocycles. The second-order valence-corrected chi connectivity index (χ2v) is 8.01. The van der Waals surface area contributed by atoms with Crippen molar-refractivity contribution in [1.29, 1.82) is 0 Å². The number of nitrogens with one attached hydrogen (secondary N) is 1. The number of ether oxygens (including phenoxy) is 1. The fraction of sp³-hybridized carbons (Fsp3) is 0.478. The lowest BCUT2D eigenvalue weighted by atomic mass is 9.74. The van der Waals surface area contributed by atoms with E-state index in [9.17, 15) is 9.90 Å². The maximum atomic E-state index is 13.2. The van der Waals surface area contributed by atoms with Crippen LogP contribution in [0.5, 0.6) is 0 Å². The van der Waals surface area contributed by atoms with E-state index in [4.69, 9.17) is 4.74 Å². The number of aliphatic hydroxyl groups is 1. The van der Waals surface area contributed by atoms with Gasteiger partial charge in [-0.1, -0.05) is 38.1 Å². The van der Waals surface area contributed by atoms with Crippen molar-refractivity contribution in [3.8, 4) is 11.1 Å². The van der Waals surface area contributed by atoms with Gasteiger partial charge >= 0.3 is 0 Å². The number of pyridine rings is 1. The van der Waals surface area contributed by atoms with Gasteiger partial charge in [0.25, 0.3) is 0 Å². The van der Waals surface area contributed by atoms with Gasteiger partial charge in [-0.3, -0.25) is 9.78 Å². The van der Waals surface area contributed by atoms with Gasteiger partial charge in [-0.2, -0.15) is 0 Å². The molecule has 5 heteroatoms. The lowest BCUT2D eigenvalue weighted by Crippen LogP contribution is -2.51. The molecule has 1 atom stereocenters. The number of benzene rings is 1. The van der Waals surface area contributed by atoms with Crippen LogP contribution in [0.15, 0.2) is 48.8 Å². The van der Waals surface area contributed by atoms with E-state index < -0.39 is 5.41 Å². The van der Waals surface area contributed by atoms with E-state index in [1.165, 1.54) is 0 Å². The fourth-order valence-electron chi connectivity index (χ4n) is 3.74. The van der Waals surface area contributed by atoms with Crippen molar-refractivity contribution in [2.24, 2.45) is 11.3 Å². The summed E-state index contributed by atoms with van der Waals surface area (Å²) in [7, 11) is 0. The van der Waals surface area contributed by atoms with Crippen molar-refractivity contribution in [3.63, 3.8) is 0 Å². The molecule has 1 aromatic heterocycles. The molecule has 2 heterocycles. The van der Waals surface area contributed by atoms with Crippen LogP contribution in [0.25, 0.3) is 11.1 Å². The van der Waals surface area contributed by atoms with Gasteiger partial charge in [-0.25, -0.2) is 0 Å². The molecule has 28 heavy (non-hydrogen) atoms. The number of carbonyl (C=O) groups is 1. The van der Waals surface area contributed by atoms with Crippen molar-refractivity contribution in [2.75, 3.05) is 19.8 Å². The Morgan fingerprint density at radius 1 is 1.11 bits per heavy atom. The highest BCUT2D eigenvalue weighted by Gasteiger charge is 2.41. The van der Waals surface area contributed by atoms with Gasteiger partial charge < -0.3 is 15.2 Å². The van der Waals surface area contributed by atoms with Crippen LogP contribution in [-0.2, 0) is 16.0 Å². The first-order chi connectivity index (χ1) is 13.5. The van der Waals surface area contributed by atoms with Crippen LogP contribution in [0, 0.1) is 11.3 Å². The van der Waals surface area contributed by atoms with Crippen LogP contribution in [0.1, 0.15) is 32.3 Å². The average Bonchev–Trinajstić information content (AvgIpc) is 2.73. The molecule has 5 nitrogen and oxygen atoms in total. The largest absolute Gasteiger partial charge is 0.394 e. The van der Waals surface area contributed by atoms with Gasteiger partial charge in [0.2, 0.25) is 5.91 Å². The smallest absolute Gasteiger partial charge is 0.227 e. The summed E-state index contributed by atoms with van der Waals surface area (Å²) in [6.45, 7) is 5.16. The fourth-order valence-corrected chi connectivity index (χ4v) is 3.74. The molecule has 3 rings (SSSR count). The van der Waals surface area contributed by atoms with Crippen molar-refractivity contribution in [1.82, 2.24) is 10.3 Å². The van der Waals surface area contributed by atoms with Gasteiger partial charge in [0.15, 0.2) is 0 Å². The zero-order valence-corrected chi connectivity index (χ0v) is 16.7. The third-order valence-electron chi connectivity index (χ3n) is 5.76. The number of aromatic nitrogens is 1. The number of hydrogen-bond donors (Lipinski definition) is 2. The molecule has 0 radical (unpaired) electrons. The molecular formula is C23H30N2O3. The predicted molar refractivity (Wildman–Crippen MR) is 110 cm³/mol. The summed E-state index contributed by atoms with van der Waals surface area (Å²) in [6, 6.07) is 12.2. The molecule has 0 spiro atoms. The highest BCUT2D eigenvalue weighted by Crippen LogP contribution is 2.35. The predicted octanol–water partition coefficient (Wildman–Crippen LogP) is 3.22. The Bertz CT molecular complexity index is 753. The summed E-state index contributed by atoms with van der Waals surface area (Å²) < 4.78 is 5.53. The molecular weight excluding hydrogens is 352 g/mol. The first-order valence-corrected chi connectivity index (χ1v) is 10.0. The van der Waals surface area contributed by atoms with Crippen LogP contribution in [0.4, 0.5) is 0 Å². The summed E-state index contributed by atoms with van der Waals surface area (Å²) in [6.07, 6.45) is 5.64. The van der Waals surface area contributed by atoms with E-state index in [0.717, 1.165) is 16.7 Å². The molecule has 2 N–H and O–H groups in total. The Balaban J connectivity index is 1.77. The Kier molecular flexibility index (Phi) is 6.81. The Morgan fingerprint density at radius 3 is 2.29 bits per heavy atom.